The van der Waals surface area contributed by atoms with Crippen LogP contribution >= 0.6 is 11.3 Å². The number of carbonyl (C=O) groups excluding carboxylic acids is 1. The van der Waals surface area contributed by atoms with E-state index < -0.39 is 0 Å². The van der Waals surface area contributed by atoms with Crippen LogP contribution < -0.4 is 10.1 Å². The molecule has 1 heterocycles. The highest BCUT2D eigenvalue weighted by molar-refractivity contribution is 7.13. The molecule has 0 aliphatic carbocycles. The molecule has 0 atom stereocenters. The van der Waals surface area contributed by atoms with Gasteiger partial charge in [-0.3, -0.25) is 4.79 Å². The van der Waals surface area contributed by atoms with Gasteiger partial charge in [0.05, 0.1) is 5.69 Å². The van der Waals surface area contributed by atoms with Crippen molar-refractivity contribution in [2.24, 2.45) is 0 Å². The Morgan fingerprint density at radius 1 is 1.12 bits per heavy atom. The number of para-hydroxylation sites is 1. The summed E-state index contributed by atoms with van der Waals surface area (Å²) in [5.41, 5.74) is 3.73. The minimum atomic E-state index is -0.140. The van der Waals surface area contributed by atoms with E-state index in [-0.39, 0.29) is 5.91 Å². The standard InChI is InChI=1S/C20H20N2O2S/c1-13-9-10-14(2)17(11-13)24-12-18-21-15(3)19(25-18)20(23)22-16-7-5-4-6-8-16/h4-11H,12H2,1-3H3,(H,22,23). The lowest BCUT2D eigenvalue weighted by Gasteiger charge is -2.08. The number of hydrogen-bond acceptors (Lipinski definition) is 4. The van der Waals surface area contributed by atoms with E-state index >= 15 is 0 Å². The fraction of sp³-hybridized carbons (Fsp3) is 0.200. The lowest BCUT2D eigenvalue weighted by Crippen LogP contribution is -2.11. The number of thiazole rings is 1. The van der Waals surface area contributed by atoms with Crippen LogP contribution in [0, 0.1) is 20.8 Å². The zero-order valence-corrected chi connectivity index (χ0v) is 15.3. The van der Waals surface area contributed by atoms with Crippen LogP contribution in [0.5, 0.6) is 5.75 Å². The maximum Gasteiger partial charge on any atom is 0.267 e. The zero-order valence-electron chi connectivity index (χ0n) is 14.5. The second-order valence-electron chi connectivity index (χ2n) is 5.90. The number of aryl methyl sites for hydroxylation is 3. The van der Waals surface area contributed by atoms with E-state index in [9.17, 15) is 4.79 Å². The molecule has 1 aromatic heterocycles. The topological polar surface area (TPSA) is 51.2 Å². The maximum atomic E-state index is 12.4. The highest BCUT2D eigenvalue weighted by Gasteiger charge is 2.16. The largest absolute Gasteiger partial charge is 0.486 e. The molecule has 0 bridgehead atoms. The first-order valence-electron chi connectivity index (χ1n) is 8.05. The molecule has 0 aliphatic heterocycles. The SMILES string of the molecule is Cc1ccc(C)c(OCc2nc(C)c(C(=O)Nc3ccccc3)s2)c1. The first kappa shape index (κ1) is 17.2. The van der Waals surface area contributed by atoms with Crippen LogP contribution in [0.3, 0.4) is 0 Å². The molecule has 3 rings (SSSR count). The van der Waals surface area contributed by atoms with Crippen LogP contribution in [-0.4, -0.2) is 10.9 Å². The molecule has 0 fully saturated rings. The molecule has 0 aliphatic rings. The highest BCUT2D eigenvalue weighted by Crippen LogP contribution is 2.24. The number of aromatic nitrogens is 1. The molecule has 0 radical (unpaired) electrons. The van der Waals surface area contributed by atoms with Crippen molar-refractivity contribution in [3.05, 3.63) is 75.2 Å². The number of anilines is 1. The molecule has 128 valence electrons. The molecule has 1 amide bonds. The summed E-state index contributed by atoms with van der Waals surface area (Å²) >= 11 is 1.37. The van der Waals surface area contributed by atoms with Crippen LogP contribution in [-0.2, 0) is 6.61 Å². The minimum Gasteiger partial charge on any atom is -0.486 e. The van der Waals surface area contributed by atoms with Crippen molar-refractivity contribution in [2.45, 2.75) is 27.4 Å². The normalized spacial score (nSPS) is 10.5. The Hall–Kier alpha value is -2.66. The number of carbonyl (C=O) groups is 1. The minimum absolute atomic E-state index is 0.140. The first-order valence-corrected chi connectivity index (χ1v) is 8.87. The Labute approximate surface area is 151 Å². The van der Waals surface area contributed by atoms with Gasteiger partial charge in [0.1, 0.15) is 22.2 Å². The van der Waals surface area contributed by atoms with Crippen molar-refractivity contribution in [1.82, 2.24) is 4.98 Å². The van der Waals surface area contributed by atoms with Gasteiger partial charge in [-0.05, 0) is 50.1 Å². The van der Waals surface area contributed by atoms with Crippen LogP contribution in [0.15, 0.2) is 48.5 Å². The average Bonchev–Trinajstić information content (AvgIpc) is 2.97. The van der Waals surface area contributed by atoms with Crippen LogP contribution in [0.4, 0.5) is 5.69 Å². The lowest BCUT2D eigenvalue weighted by molar-refractivity contribution is 0.103. The fourth-order valence-electron chi connectivity index (χ4n) is 2.44. The van der Waals surface area contributed by atoms with Gasteiger partial charge >= 0.3 is 0 Å². The highest BCUT2D eigenvalue weighted by atomic mass is 32.1. The molecular formula is C20H20N2O2S. The number of benzene rings is 2. The Morgan fingerprint density at radius 3 is 2.64 bits per heavy atom. The van der Waals surface area contributed by atoms with Crippen molar-refractivity contribution in [2.75, 3.05) is 5.32 Å². The van der Waals surface area contributed by atoms with Crippen molar-refractivity contribution in [3.63, 3.8) is 0 Å². The molecule has 2 aromatic carbocycles. The van der Waals surface area contributed by atoms with E-state index in [0.717, 1.165) is 33.3 Å². The smallest absolute Gasteiger partial charge is 0.267 e. The molecule has 0 saturated heterocycles. The molecular weight excluding hydrogens is 332 g/mol. The number of rotatable bonds is 5. The van der Waals surface area contributed by atoms with Crippen molar-refractivity contribution in [3.8, 4) is 5.75 Å². The van der Waals surface area contributed by atoms with E-state index in [1.807, 2.05) is 63.2 Å². The summed E-state index contributed by atoms with van der Waals surface area (Å²) in [6.45, 7) is 6.25. The number of nitrogens with one attached hydrogen (secondary N) is 1. The molecule has 0 unspecified atom stereocenters. The van der Waals surface area contributed by atoms with E-state index in [4.69, 9.17) is 4.74 Å². The number of amides is 1. The summed E-state index contributed by atoms with van der Waals surface area (Å²) in [5, 5.41) is 3.68. The predicted molar refractivity (Wildman–Crippen MR) is 101 cm³/mol. The van der Waals surface area contributed by atoms with Gasteiger partial charge < -0.3 is 10.1 Å². The van der Waals surface area contributed by atoms with Gasteiger partial charge in [0.15, 0.2) is 0 Å². The first-order chi connectivity index (χ1) is 12.0. The van der Waals surface area contributed by atoms with Gasteiger partial charge in [0.25, 0.3) is 5.91 Å². The van der Waals surface area contributed by atoms with Gasteiger partial charge in [-0.2, -0.15) is 0 Å². The van der Waals surface area contributed by atoms with Gasteiger partial charge in [-0.1, -0.05) is 30.3 Å². The second kappa shape index (κ2) is 7.49. The van der Waals surface area contributed by atoms with E-state index in [0.29, 0.717) is 11.5 Å². The molecule has 0 saturated carbocycles. The quantitative estimate of drug-likeness (QED) is 0.710. The third-order valence-corrected chi connectivity index (χ3v) is 4.90. The number of ether oxygens (including phenoxy) is 1. The van der Waals surface area contributed by atoms with Crippen LogP contribution in [0.1, 0.15) is 31.5 Å². The predicted octanol–water partition coefficient (Wildman–Crippen LogP) is 4.90. The summed E-state index contributed by atoms with van der Waals surface area (Å²) in [7, 11) is 0. The zero-order chi connectivity index (χ0) is 17.8. The Kier molecular flexibility index (Phi) is 5.14. The van der Waals surface area contributed by atoms with E-state index in [2.05, 4.69) is 16.4 Å². The van der Waals surface area contributed by atoms with Crippen molar-refractivity contribution in [1.29, 1.82) is 0 Å². The Morgan fingerprint density at radius 2 is 1.88 bits per heavy atom. The van der Waals surface area contributed by atoms with Crippen LogP contribution in [0.2, 0.25) is 0 Å². The lowest BCUT2D eigenvalue weighted by atomic mass is 10.1. The maximum absolute atomic E-state index is 12.4. The van der Waals surface area contributed by atoms with E-state index in [1.165, 1.54) is 11.3 Å². The summed E-state index contributed by atoms with van der Waals surface area (Å²) in [6, 6.07) is 15.5. The van der Waals surface area contributed by atoms with Gasteiger partial charge in [-0.25, -0.2) is 4.98 Å². The third kappa shape index (κ3) is 4.25. The molecule has 5 heteroatoms. The Balaban J connectivity index is 1.69. The number of hydrogen-bond donors (Lipinski definition) is 1. The third-order valence-electron chi connectivity index (χ3n) is 3.77. The molecule has 3 aromatic rings. The molecule has 4 nitrogen and oxygen atoms in total. The monoisotopic (exact) mass is 352 g/mol. The van der Waals surface area contributed by atoms with Crippen LogP contribution in [0.25, 0.3) is 0 Å². The average molecular weight is 352 g/mol. The summed E-state index contributed by atoms with van der Waals surface area (Å²) in [6.07, 6.45) is 0. The second-order valence-corrected chi connectivity index (χ2v) is 6.98. The molecule has 25 heavy (non-hydrogen) atoms. The summed E-state index contributed by atoms with van der Waals surface area (Å²) in [4.78, 5) is 17.5. The van der Waals surface area contributed by atoms with Gasteiger partial charge in [-0.15, -0.1) is 11.3 Å². The molecule has 0 spiro atoms. The summed E-state index contributed by atoms with van der Waals surface area (Å²) in [5.74, 6) is 0.710. The fourth-order valence-corrected chi connectivity index (χ4v) is 3.31. The molecule has 1 N–H and O–H groups in total. The van der Waals surface area contributed by atoms with E-state index in [1.54, 1.807) is 0 Å². The van der Waals surface area contributed by atoms with Crippen molar-refractivity contribution >= 4 is 22.9 Å². The van der Waals surface area contributed by atoms with Gasteiger partial charge in [0, 0.05) is 5.69 Å². The van der Waals surface area contributed by atoms with Crippen molar-refractivity contribution < 1.29 is 9.53 Å². The van der Waals surface area contributed by atoms with Gasteiger partial charge in [0.2, 0.25) is 0 Å². The summed E-state index contributed by atoms with van der Waals surface area (Å²) < 4.78 is 5.89. The Bertz CT molecular complexity index is 888. The number of nitrogens with zero attached hydrogens (tertiary/aromatic N) is 1.